The molecule has 1 aliphatic rings. The molecular weight excluding hydrogens is 292 g/mol. The van der Waals surface area contributed by atoms with Crippen molar-refractivity contribution in [2.45, 2.75) is 57.1 Å². The second-order valence-electron chi connectivity index (χ2n) is 6.09. The summed E-state index contributed by atoms with van der Waals surface area (Å²) >= 11 is 0. The average Bonchev–Trinajstić information content (AvgIpc) is 3.04. The highest BCUT2D eigenvalue weighted by molar-refractivity contribution is 7.89. The van der Waals surface area contributed by atoms with Crippen LogP contribution in [0.25, 0.3) is 0 Å². The van der Waals surface area contributed by atoms with E-state index in [9.17, 15) is 13.2 Å². The molecule has 1 aromatic rings. The number of hydrogen-bond acceptors (Lipinski definition) is 4. The van der Waals surface area contributed by atoms with Gasteiger partial charge in [0.2, 0.25) is 10.0 Å². The Morgan fingerprint density at radius 2 is 2.05 bits per heavy atom. The van der Waals surface area contributed by atoms with Gasteiger partial charge in [0.25, 0.3) is 0 Å². The lowest BCUT2D eigenvalue weighted by Crippen LogP contribution is -2.19. The molecule has 0 amide bonds. The highest BCUT2D eigenvalue weighted by Gasteiger charge is 2.30. The van der Waals surface area contributed by atoms with Gasteiger partial charge in [-0.2, -0.15) is 0 Å². The molecule has 0 aromatic carbocycles. The van der Waals surface area contributed by atoms with E-state index in [0.717, 1.165) is 19.3 Å². The molecule has 7 heteroatoms. The molecule has 1 heterocycles. The van der Waals surface area contributed by atoms with Gasteiger partial charge in [0.05, 0.1) is 6.10 Å². The van der Waals surface area contributed by atoms with Crippen LogP contribution >= 0.6 is 0 Å². The summed E-state index contributed by atoms with van der Waals surface area (Å²) in [7, 11) is -3.82. The Labute approximate surface area is 125 Å². The Kier molecular flexibility index (Phi) is 4.43. The van der Waals surface area contributed by atoms with E-state index in [-0.39, 0.29) is 22.7 Å². The topological polar surface area (TPSA) is 91.4 Å². The van der Waals surface area contributed by atoms with E-state index in [1.807, 2.05) is 6.92 Å². The van der Waals surface area contributed by atoms with Gasteiger partial charge in [0.1, 0.15) is 10.6 Å². The third-order valence-electron chi connectivity index (χ3n) is 3.41. The van der Waals surface area contributed by atoms with E-state index in [1.54, 1.807) is 4.57 Å². The lowest BCUT2D eigenvalue weighted by Gasteiger charge is -2.16. The molecule has 118 valence electrons. The zero-order chi connectivity index (χ0) is 15.8. The van der Waals surface area contributed by atoms with Crippen LogP contribution < -0.4 is 5.14 Å². The molecule has 2 rings (SSSR count). The number of primary sulfonamides is 1. The summed E-state index contributed by atoms with van der Waals surface area (Å²) in [6.07, 6.45) is 3.84. The zero-order valence-corrected chi connectivity index (χ0v) is 13.4. The maximum atomic E-state index is 12.3. The number of sulfonamides is 1. The van der Waals surface area contributed by atoms with Crippen molar-refractivity contribution in [3.63, 3.8) is 0 Å². The highest BCUT2D eigenvalue weighted by atomic mass is 32.2. The summed E-state index contributed by atoms with van der Waals surface area (Å²) in [5.74, 6) is -0.0760. The van der Waals surface area contributed by atoms with Crippen LogP contribution in [0.5, 0.6) is 0 Å². The molecule has 1 unspecified atom stereocenters. The minimum absolute atomic E-state index is 0.0436. The van der Waals surface area contributed by atoms with Crippen molar-refractivity contribution in [3.8, 4) is 0 Å². The van der Waals surface area contributed by atoms with Gasteiger partial charge in [-0.15, -0.1) is 0 Å². The van der Waals surface area contributed by atoms with E-state index < -0.39 is 16.0 Å². The molecule has 2 N–H and O–H groups in total. The second-order valence-corrected chi connectivity index (χ2v) is 7.65. The monoisotopic (exact) mass is 314 g/mol. The lowest BCUT2D eigenvalue weighted by atomic mass is 10.1. The van der Waals surface area contributed by atoms with E-state index in [2.05, 4.69) is 13.8 Å². The van der Waals surface area contributed by atoms with Gasteiger partial charge >= 0.3 is 5.97 Å². The van der Waals surface area contributed by atoms with Crippen molar-refractivity contribution in [2.24, 2.45) is 11.1 Å². The largest absolute Gasteiger partial charge is 0.458 e. The number of ether oxygens (including phenoxy) is 1. The highest BCUT2D eigenvalue weighted by Crippen LogP contribution is 2.37. The summed E-state index contributed by atoms with van der Waals surface area (Å²) in [4.78, 5) is 12.2. The summed E-state index contributed by atoms with van der Waals surface area (Å²) in [5, 5.41) is 5.13. The van der Waals surface area contributed by atoms with E-state index in [1.165, 1.54) is 12.3 Å². The van der Waals surface area contributed by atoms with Crippen LogP contribution in [0.1, 0.15) is 56.6 Å². The van der Waals surface area contributed by atoms with Gasteiger partial charge in [0.15, 0.2) is 0 Å². The van der Waals surface area contributed by atoms with Crippen molar-refractivity contribution < 1.29 is 17.9 Å². The molecular formula is C14H22N2O4S. The second kappa shape index (κ2) is 5.81. The maximum absolute atomic E-state index is 12.3. The average molecular weight is 314 g/mol. The molecule has 0 aliphatic heterocycles. The minimum atomic E-state index is -3.82. The van der Waals surface area contributed by atoms with E-state index in [4.69, 9.17) is 9.88 Å². The Bertz CT molecular complexity index is 629. The number of esters is 1. The molecule has 1 atom stereocenters. The third-order valence-corrected chi connectivity index (χ3v) is 4.29. The van der Waals surface area contributed by atoms with Gasteiger partial charge in [0, 0.05) is 12.2 Å². The number of aromatic nitrogens is 1. The number of carbonyl (C=O) groups is 1. The van der Waals surface area contributed by atoms with Crippen LogP contribution in [-0.2, 0) is 14.8 Å². The van der Waals surface area contributed by atoms with Crippen molar-refractivity contribution in [1.29, 1.82) is 0 Å². The van der Waals surface area contributed by atoms with Crippen molar-refractivity contribution in [3.05, 3.63) is 18.0 Å². The first-order valence-electron chi connectivity index (χ1n) is 7.14. The lowest BCUT2D eigenvalue weighted by molar-refractivity contribution is 0.0287. The number of nitrogens with zero attached hydrogens (tertiary/aromatic N) is 1. The normalized spacial score (nSPS) is 17.0. The maximum Gasteiger partial charge on any atom is 0.355 e. The fourth-order valence-corrected chi connectivity index (χ4v) is 2.92. The molecule has 1 aromatic heterocycles. The number of rotatable bonds is 6. The number of hydrogen-bond donors (Lipinski definition) is 1. The summed E-state index contributed by atoms with van der Waals surface area (Å²) < 4.78 is 30.0. The van der Waals surface area contributed by atoms with Crippen LogP contribution in [0.3, 0.4) is 0 Å². The first-order chi connectivity index (χ1) is 9.68. The summed E-state index contributed by atoms with van der Waals surface area (Å²) in [5.41, 5.74) is 0.261. The van der Waals surface area contributed by atoms with Crippen LogP contribution in [-0.4, -0.2) is 25.1 Å². The van der Waals surface area contributed by atoms with Gasteiger partial charge in [-0.3, -0.25) is 0 Å². The van der Waals surface area contributed by atoms with Crippen LogP contribution in [0.4, 0.5) is 0 Å². The quantitative estimate of drug-likeness (QED) is 0.814. The molecule has 0 bridgehead atoms. The minimum Gasteiger partial charge on any atom is -0.458 e. The zero-order valence-electron chi connectivity index (χ0n) is 12.6. The van der Waals surface area contributed by atoms with Gasteiger partial charge in [-0.1, -0.05) is 13.8 Å². The molecule has 6 nitrogen and oxygen atoms in total. The summed E-state index contributed by atoms with van der Waals surface area (Å²) in [6.45, 7) is 5.94. The molecule has 0 saturated heterocycles. The van der Waals surface area contributed by atoms with Gasteiger partial charge in [-0.05, 0) is 38.2 Å². The van der Waals surface area contributed by atoms with Crippen LogP contribution in [0, 0.1) is 5.92 Å². The smallest absolute Gasteiger partial charge is 0.355 e. The molecule has 1 saturated carbocycles. The Morgan fingerprint density at radius 3 is 2.52 bits per heavy atom. The predicted molar refractivity (Wildman–Crippen MR) is 78.4 cm³/mol. The standard InChI is InChI=1S/C14H22N2O4S/c1-9(2)6-10(3)20-14(17)13-7-12(21(15,18)19)8-16(13)11-4-5-11/h7-11H,4-6H2,1-3H3,(H2,15,18,19). The molecule has 0 radical (unpaired) electrons. The predicted octanol–water partition coefficient (Wildman–Crippen LogP) is 2.06. The Morgan fingerprint density at radius 1 is 1.43 bits per heavy atom. The van der Waals surface area contributed by atoms with Crippen molar-refractivity contribution >= 4 is 16.0 Å². The number of carbonyl (C=O) groups excluding carboxylic acids is 1. The van der Waals surface area contributed by atoms with Crippen LogP contribution in [0.15, 0.2) is 17.2 Å². The first-order valence-corrected chi connectivity index (χ1v) is 8.68. The van der Waals surface area contributed by atoms with Crippen molar-refractivity contribution in [1.82, 2.24) is 4.57 Å². The molecule has 21 heavy (non-hydrogen) atoms. The Hall–Kier alpha value is -1.34. The first kappa shape index (κ1) is 16.0. The van der Waals surface area contributed by atoms with Crippen LogP contribution in [0.2, 0.25) is 0 Å². The SMILES string of the molecule is CC(C)CC(C)OC(=O)c1cc(S(N)(=O)=O)cn1C1CC1. The van der Waals surface area contributed by atoms with Crippen molar-refractivity contribution in [2.75, 3.05) is 0 Å². The fraction of sp³-hybridized carbons (Fsp3) is 0.643. The fourth-order valence-electron chi connectivity index (χ4n) is 2.38. The molecule has 0 spiro atoms. The van der Waals surface area contributed by atoms with E-state index in [0.29, 0.717) is 5.92 Å². The van der Waals surface area contributed by atoms with E-state index >= 15 is 0 Å². The Balaban J connectivity index is 2.21. The van der Waals surface area contributed by atoms with Gasteiger partial charge in [-0.25, -0.2) is 18.4 Å². The molecule has 1 aliphatic carbocycles. The van der Waals surface area contributed by atoms with Gasteiger partial charge < -0.3 is 9.30 Å². The third kappa shape index (κ3) is 4.07. The summed E-state index contributed by atoms with van der Waals surface area (Å²) in [6, 6.07) is 1.47. The molecule has 1 fully saturated rings. The number of nitrogens with two attached hydrogens (primary N) is 1.